The van der Waals surface area contributed by atoms with E-state index in [1.165, 1.54) is 12.7 Å². The Balaban J connectivity index is 2.08. The van der Waals surface area contributed by atoms with Gasteiger partial charge in [0.2, 0.25) is 0 Å². The summed E-state index contributed by atoms with van der Waals surface area (Å²) < 4.78 is 4.75. The van der Waals surface area contributed by atoms with Gasteiger partial charge in [-0.25, -0.2) is 9.78 Å². The molecule has 0 aliphatic carbocycles. The maximum Gasteiger partial charge on any atom is 0.341 e. The molecule has 0 atom stereocenters. The van der Waals surface area contributed by atoms with E-state index in [0.717, 1.165) is 5.56 Å². The van der Waals surface area contributed by atoms with Crippen LogP contribution in [0.15, 0.2) is 42.6 Å². The third-order valence-electron chi connectivity index (χ3n) is 3.32. The number of methoxy groups -OCH3 is 1. The second kappa shape index (κ2) is 6.88. The minimum Gasteiger partial charge on any atom is -0.465 e. The molecule has 110 valence electrons. The monoisotopic (exact) mass is 284 g/mol. The summed E-state index contributed by atoms with van der Waals surface area (Å²) in [7, 11) is 1.36. The Labute approximate surface area is 125 Å². The molecule has 0 saturated carbocycles. The molecule has 0 spiro atoms. The van der Waals surface area contributed by atoms with Crippen LogP contribution in [0, 0.1) is 0 Å². The van der Waals surface area contributed by atoms with Crippen molar-refractivity contribution in [2.75, 3.05) is 12.4 Å². The van der Waals surface area contributed by atoms with Gasteiger partial charge in [-0.3, -0.25) is 0 Å². The van der Waals surface area contributed by atoms with Crippen molar-refractivity contribution in [2.45, 2.75) is 26.3 Å². The van der Waals surface area contributed by atoms with Gasteiger partial charge in [-0.1, -0.05) is 38.1 Å². The Kier molecular flexibility index (Phi) is 4.93. The molecule has 0 radical (unpaired) electrons. The molecule has 1 N–H and O–H groups in total. The number of aromatic nitrogens is 1. The van der Waals surface area contributed by atoms with Gasteiger partial charge in [0.15, 0.2) is 0 Å². The van der Waals surface area contributed by atoms with Crippen molar-refractivity contribution < 1.29 is 9.53 Å². The van der Waals surface area contributed by atoms with Crippen LogP contribution in [0.3, 0.4) is 0 Å². The van der Waals surface area contributed by atoms with E-state index in [-0.39, 0.29) is 5.97 Å². The van der Waals surface area contributed by atoms with Crippen molar-refractivity contribution in [3.8, 4) is 0 Å². The summed E-state index contributed by atoms with van der Waals surface area (Å²) in [4.78, 5) is 15.9. The average molecular weight is 284 g/mol. The number of carbonyl (C=O) groups is 1. The molecule has 4 heteroatoms. The fourth-order valence-corrected chi connectivity index (χ4v) is 2.03. The lowest BCUT2D eigenvalue weighted by molar-refractivity contribution is 0.0601. The number of pyridine rings is 1. The zero-order valence-corrected chi connectivity index (χ0v) is 12.6. The summed E-state index contributed by atoms with van der Waals surface area (Å²) in [6, 6.07) is 11.8. The van der Waals surface area contributed by atoms with Gasteiger partial charge in [-0.2, -0.15) is 0 Å². The Morgan fingerprint density at radius 2 is 1.95 bits per heavy atom. The lowest BCUT2D eigenvalue weighted by atomic mass is 10.0. The SMILES string of the molecule is COC(=O)c1cccnc1NCc1ccc(C(C)C)cc1. The van der Waals surface area contributed by atoms with Gasteiger partial charge in [0, 0.05) is 12.7 Å². The van der Waals surface area contributed by atoms with Crippen LogP contribution in [0.25, 0.3) is 0 Å². The highest BCUT2D eigenvalue weighted by atomic mass is 16.5. The first-order valence-corrected chi connectivity index (χ1v) is 6.98. The summed E-state index contributed by atoms with van der Waals surface area (Å²) in [5.41, 5.74) is 2.89. The van der Waals surface area contributed by atoms with Crippen molar-refractivity contribution in [2.24, 2.45) is 0 Å². The Bertz CT molecular complexity index is 606. The smallest absolute Gasteiger partial charge is 0.341 e. The Morgan fingerprint density at radius 1 is 1.24 bits per heavy atom. The number of rotatable bonds is 5. The predicted molar refractivity (Wildman–Crippen MR) is 83.4 cm³/mol. The van der Waals surface area contributed by atoms with Crippen LogP contribution < -0.4 is 5.32 Å². The standard InChI is InChI=1S/C17H20N2O2/c1-12(2)14-8-6-13(7-9-14)11-19-16-15(17(20)21-3)5-4-10-18-16/h4-10,12H,11H2,1-3H3,(H,18,19). The fourth-order valence-electron chi connectivity index (χ4n) is 2.03. The molecule has 0 saturated heterocycles. The van der Waals surface area contributed by atoms with Crippen molar-refractivity contribution >= 4 is 11.8 Å². The van der Waals surface area contributed by atoms with Gasteiger partial charge in [0.25, 0.3) is 0 Å². The number of nitrogens with zero attached hydrogens (tertiary/aromatic N) is 1. The van der Waals surface area contributed by atoms with Gasteiger partial charge < -0.3 is 10.1 Å². The van der Waals surface area contributed by atoms with Crippen LogP contribution in [-0.4, -0.2) is 18.1 Å². The van der Waals surface area contributed by atoms with E-state index in [1.807, 2.05) is 0 Å². The van der Waals surface area contributed by atoms with E-state index >= 15 is 0 Å². The molecule has 0 bridgehead atoms. The fraction of sp³-hybridized carbons (Fsp3) is 0.294. The Morgan fingerprint density at radius 3 is 2.57 bits per heavy atom. The molecule has 0 fully saturated rings. The number of ether oxygens (including phenoxy) is 1. The van der Waals surface area contributed by atoms with E-state index in [2.05, 4.69) is 48.4 Å². The van der Waals surface area contributed by atoms with Gasteiger partial charge in [0.05, 0.1) is 7.11 Å². The molecule has 2 rings (SSSR count). The highest BCUT2D eigenvalue weighted by molar-refractivity contribution is 5.94. The lowest BCUT2D eigenvalue weighted by Gasteiger charge is -2.10. The molecular weight excluding hydrogens is 264 g/mol. The zero-order valence-electron chi connectivity index (χ0n) is 12.6. The molecule has 1 aromatic heterocycles. The molecule has 0 amide bonds. The van der Waals surface area contributed by atoms with Gasteiger partial charge in [0.1, 0.15) is 11.4 Å². The van der Waals surface area contributed by atoms with Crippen LogP contribution in [0.1, 0.15) is 41.3 Å². The van der Waals surface area contributed by atoms with Crippen molar-refractivity contribution in [3.63, 3.8) is 0 Å². The molecule has 0 aliphatic rings. The van der Waals surface area contributed by atoms with Crippen molar-refractivity contribution in [3.05, 3.63) is 59.3 Å². The van der Waals surface area contributed by atoms with Gasteiger partial charge in [-0.15, -0.1) is 0 Å². The number of nitrogens with one attached hydrogen (secondary N) is 1. The number of carbonyl (C=O) groups excluding carboxylic acids is 1. The predicted octanol–water partition coefficient (Wildman–Crippen LogP) is 3.60. The van der Waals surface area contributed by atoms with E-state index in [4.69, 9.17) is 4.74 Å². The first-order chi connectivity index (χ1) is 10.1. The van der Waals surface area contributed by atoms with Crippen LogP contribution in [-0.2, 0) is 11.3 Å². The maximum atomic E-state index is 11.7. The number of esters is 1. The highest BCUT2D eigenvalue weighted by Gasteiger charge is 2.11. The first kappa shape index (κ1) is 15.0. The van der Waals surface area contributed by atoms with Crippen molar-refractivity contribution in [1.82, 2.24) is 4.98 Å². The van der Waals surface area contributed by atoms with Crippen LogP contribution in [0.5, 0.6) is 0 Å². The second-order valence-electron chi connectivity index (χ2n) is 5.14. The lowest BCUT2D eigenvalue weighted by Crippen LogP contribution is -2.09. The number of anilines is 1. The van der Waals surface area contributed by atoms with Gasteiger partial charge in [-0.05, 0) is 29.2 Å². The maximum absolute atomic E-state index is 11.7. The molecule has 4 nitrogen and oxygen atoms in total. The molecule has 0 unspecified atom stereocenters. The van der Waals surface area contributed by atoms with Crippen molar-refractivity contribution in [1.29, 1.82) is 0 Å². The third kappa shape index (κ3) is 3.81. The largest absolute Gasteiger partial charge is 0.465 e. The first-order valence-electron chi connectivity index (χ1n) is 6.98. The average Bonchev–Trinajstić information content (AvgIpc) is 2.52. The molecule has 21 heavy (non-hydrogen) atoms. The van der Waals surface area contributed by atoms with E-state index in [0.29, 0.717) is 23.8 Å². The van der Waals surface area contributed by atoms with E-state index in [9.17, 15) is 4.79 Å². The minimum absolute atomic E-state index is 0.388. The number of hydrogen-bond acceptors (Lipinski definition) is 4. The molecule has 2 aromatic rings. The quantitative estimate of drug-likeness (QED) is 0.852. The number of benzene rings is 1. The van der Waals surface area contributed by atoms with E-state index in [1.54, 1.807) is 18.3 Å². The Hall–Kier alpha value is -2.36. The summed E-state index contributed by atoms with van der Waals surface area (Å²) in [6.07, 6.45) is 1.65. The topological polar surface area (TPSA) is 51.2 Å². The van der Waals surface area contributed by atoms with E-state index < -0.39 is 0 Å². The van der Waals surface area contributed by atoms with Gasteiger partial charge >= 0.3 is 5.97 Å². The highest BCUT2D eigenvalue weighted by Crippen LogP contribution is 2.17. The molecular formula is C17H20N2O2. The third-order valence-corrected chi connectivity index (χ3v) is 3.32. The molecule has 0 aliphatic heterocycles. The summed E-state index contributed by atoms with van der Waals surface area (Å²) in [6.45, 7) is 4.95. The van der Waals surface area contributed by atoms with Crippen LogP contribution >= 0.6 is 0 Å². The summed E-state index contributed by atoms with van der Waals surface area (Å²) in [5, 5.41) is 3.18. The number of hydrogen-bond donors (Lipinski definition) is 1. The normalized spacial score (nSPS) is 10.5. The minimum atomic E-state index is -0.388. The van der Waals surface area contributed by atoms with Crippen LogP contribution in [0.2, 0.25) is 0 Å². The second-order valence-corrected chi connectivity index (χ2v) is 5.14. The molecule has 1 heterocycles. The zero-order chi connectivity index (χ0) is 15.2. The van der Waals surface area contributed by atoms with Crippen LogP contribution in [0.4, 0.5) is 5.82 Å². The summed E-state index contributed by atoms with van der Waals surface area (Å²) in [5.74, 6) is 0.673. The summed E-state index contributed by atoms with van der Waals surface area (Å²) >= 11 is 0. The molecule has 1 aromatic carbocycles.